The number of rotatable bonds is 7. The smallest absolute Gasteiger partial charge is 0.109 e. The van der Waals surface area contributed by atoms with E-state index in [2.05, 4.69) is 70.0 Å². The summed E-state index contributed by atoms with van der Waals surface area (Å²) < 4.78 is 0. The SMILES string of the molecule is N=C1C(c2cccc(-c3ccccn3)c2)=CC(c2cccc(-c3ccccn3)c2)=C/C1=N/Nc1ccc(-c2ccccc2)cc1. The van der Waals surface area contributed by atoms with Gasteiger partial charge in [0.15, 0.2) is 0 Å². The van der Waals surface area contributed by atoms with Crippen LogP contribution in [0.1, 0.15) is 11.1 Å². The maximum atomic E-state index is 9.25. The molecule has 0 aliphatic heterocycles. The molecular weight excluding hydrogens is 550 g/mol. The molecule has 45 heavy (non-hydrogen) atoms. The van der Waals surface area contributed by atoms with Gasteiger partial charge < -0.3 is 0 Å². The number of hydrogen-bond acceptors (Lipinski definition) is 5. The van der Waals surface area contributed by atoms with Crippen LogP contribution in [0.3, 0.4) is 0 Å². The van der Waals surface area contributed by atoms with E-state index >= 15 is 0 Å². The van der Waals surface area contributed by atoms with Crippen LogP contribution in [0.2, 0.25) is 0 Å². The fourth-order valence-corrected chi connectivity index (χ4v) is 5.37. The Kier molecular flexibility index (Phi) is 7.72. The number of nitrogens with zero attached hydrogens (tertiary/aromatic N) is 3. The highest BCUT2D eigenvalue weighted by atomic mass is 15.3. The predicted octanol–water partition coefficient (Wildman–Crippen LogP) is 9.45. The van der Waals surface area contributed by atoms with E-state index in [9.17, 15) is 5.41 Å². The van der Waals surface area contributed by atoms with Crippen molar-refractivity contribution in [2.75, 3.05) is 5.43 Å². The van der Waals surface area contributed by atoms with E-state index in [1.165, 1.54) is 0 Å². The van der Waals surface area contributed by atoms with E-state index in [0.717, 1.165) is 61.6 Å². The van der Waals surface area contributed by atoms with E-state index < -0.39 is 0 Å². The maximum absolute atomic E-state index is 9.25. The van der Waals surface area contributed by atoms with Gasteiger partial charge in [-0.25, -0.2) is 0 Å². The lowest BCUT2D eigenvalue weighted by Crippen LogP contribution is -2.18. The highest BCUT2D eigenvalue weighted by molar-refractivity contribution is 6.62. The van der Waals surface area contributed by atoms with Crippen LogP contribution in [-0.4, -0.2) is 21.4 Å². The van der Waals surface area contributed by atoms with Crippen molar-refractivity contribution in [3.8, 4) is 33.6 Å². The number of pyridine rings is 2. The molecule has 2 heterocycles. The minimum absolute atomic E-state index is 0.339. The van der Waals surface area contributed by atoms with E-state index in [0.29, 0.717) is 11.4 Å². The summed E-state index contributed by atoms with van der Waals surface area (Å²) in [7, 11) is 0. The molecule has 0 bridgehead atoms. The Balaban J connectivity index is 1.26. The molecule has 0 saturated carbocycles. The van der Waals surface area contributed by atoms with Gasteiger partial charge in [0.2, 0.25) is 0 Å². The molecule has 5 heteroatoms. The van der Waals surface area contributed by atoms with Crippen LogP contribution in [0.25, 0.3) is 44.8 Å². The zero-order chi connectivity index (χ0) is 30.4. The maximum Gasteiger partial charge on any atom is 0.109 e. The summed E-state index contributed by atoms with van der Waals surface area (Å²) in [6.45, 7) is 0. The monoisotopic (exact) mass is 579 g/mol. The van der Waals surface area contributed by atoms with Gasteiger partial charge in [0.25, 0.3) is 0 Å². The Morgan fingerprint density at radius 1 is 0.489 bits per heavy atom. The average molecular weight is 580 g/mol. The number of allylic oxidation sites excluding steroid dienone is 4. The van der Waals surface area contributed by atoms with Gasteiger partial charge >= 0.3 is 0 Å². The van der Waals surface area contributed by atoms with Gasteiger partial charge in [-0.15, -0.1) is 0 Å². The largest absolute Gasteiger partial charge is 0.298 e. The lowest BCUT2D eigenvalue weighted by molar-refractivity contribution is 1.32. The number of hydrogen-bond donors (Lipinski definition) is 2. The standard InChI is InChI=1S/C40H29N5/c41-40-36(31-13-9-15-33(25-31)38-17-5-7-23-43-38)26-34(30-12-8-14-32(24-30)37-16-4-6-22-42-37)27-39(40)45-44-35-20-18-29(19-21-35)28-10-2-1-3-11-28/h1-27,41,44H/b41-40?,45-39-. The topological polar surface area (TPSA) is 74.0 Å². The second-order valence-electron chi connectivity index (χ2n) is 10.7. The first-order chi connectivity index (χ1) is 22.2. The lowest BCUT2D eigenvalue weighted by atomic mass is 9.87. The number of anilines is 1. The van der Waals surface area contributed by atoms with Crippen molar-refractivity contribution < 1.29 is 0 Å². The van der Waals surface area contributed by atoms with Gasteiger partial charge in [-0.05, 0) is 88.5 Å². The molecule has 5 nitrogen and oxygen atoms in total. The van der Waals surface area contributed by atoms with E-state index in [1.54, 1.807) is 12.4 Å². The molecule has 0 saturated heterocycles. The molecule has 2 aromatic heterocycles. The molecule has 0 amide bonds. The summed E-state index contributed by atoms with van der Waals surface area (Å²) in [4.78, 5) is 9.08. The van der Waals surface area contributed by atoms with E-state index in [4.69, 9.17) is 5.10 Å². The summed E-state index contributed by atoms with van der Waals surface area (Å²) in [5, 5.41) is 14.0. The molecule has 1 aliphatic carbocycles. The second kappa shape index (κ2) is 12.6. The molecule has 0 spiro atoms. The normalized spacial score (nSPS) is 13.7. The van der Waals surface area contributed by atoms with Crippen LogP contribution < -0.4 is 5.43 Å². The first kappa shape index (κ1) is 27.6. The summed E-state index contributed by atoms with van der Waals surface area (Å²) in [5.41, 5.74) is 14.7. The minimum Gasteiger partial charge on any atom is -0.298 e. The van der Waals surface area contributed by atoms with E-state index in [1.807, 2.05) is 97.1 Å². The van der Waals surface area contributed by atoms with Crippen molar-refractivity contribution in [3.63, 3.8) is 0 Å². The van der Waals surface area contributed by atoms with Crippen molar-refractivity contribution in [2.45, 2.75) is 0 Å². The van der Waals surface area contributed by atoms with Crippen molar-refractivity contribution >= 4 is 28.3 Å². The number of nitrogens with one attached hydrogen (secondary N) is 2. The average Bonchev–Trinajstić information content (AvgIpc) is 3.12. The highest BCUT2D eigenvalue weighted by Gasteiger charge is 2.21. The summed E-state index contributed by atoms with van der Waals surface area (Å²) in [6.07, 6.45) is 7.64. The van der Waals surface area contributed by atoms with Crippen molar-refractivity contribution in [2.24, 2.45) is 5.10 Å². The quantitative estimate of drug-likeness (QED) is 0.146. The van der Waals surface area contributed by atoms with Gasteiger partial charge in [0.1, 0.15) is 5.71 Å². The molecule has 0 fully saturated rings. The third kappa shape index (κ3) is 6.14. The third-order valence-corrected chi connectivity index (χ3v) is 7.71. The van der Waals surface area contributed by atoms with Gasteiger partial charge in [0, 0.05) is 29.1 Å². The Labute approximate surface area is 262 Å². The first-order valence-corrected chi connectivity index (χ1v) is 14.8. The predicted molar refractivity (Wildman–Crippen MR) is 186 cm³/mol. The molecule has 2 N–H and O–H groups in total. The fourth-order valence-electron chi connectivity index (χ4n) is 5.37. The van der Waals surface area contributed by atoms with Gasteiger partial charge in [-0.2, -0.15) is 5.10 Å². The van der Waals surface area contributed by atoms with Gasteiger partial charge in [0.05, 0.1) is 22.8 Å². The highest BCUT2D eigenvalue weighted by Crippen LogP contribution is 2.32. The molecule has 0 unspecified atom stereocenters. The number of aromatic nitrogens is 2. The third-order valence-electron chi connectivity index (χ3n) is 7.71. The summed E-state index contributed by atoms with van der Waals surface area (Å²) in [6, 6.07) is 46.7. The van der Waals surface area contributed by atoms with Crippen molar-refractivity contribution in [3.05, 3.63) is 175 Å². The zero-order valence-corrected chi connectivity index (χ0v) is 24.4. The molecular formula is C40H29N5. The van der Waals surface area contributed by atoms with Crippen LogP contribution in [0.4, 0.5) is 5.69 Å². The molecule has 7 rings (SSSR count). The molecule has 6 aromatic rings. The van der Waals surface area contributed by atoms with Crippen LogP contribution in [0.5, 0.6) is 0 Å². The second-order valence-corrected chi connectivity index (χ2v) is 10.7. The van der Waals surface area contributed by atoms with Crippen molar-refractivity contribution in [1.29, 1.82) is 5.41 Å². The molecule has 0 radical (unpaired) electrons. The van der Waals surface area contributed by atoms with Crippen molar-refractivity contribution in [1.82, 2.24) is 9.97 Å². The number of benzene rings is 4. The minimum atomic E-state index is 0.339. The van der Waals surface area contributed by atoms with E-state index in [-0.39, 0.29) is 0 Å². The van der Waals surface area contributed by atoms with Crippen LogP contribution in [0.15, 0.2) is 169 Å². The van der Waals surface area contributed by atoms with Crippen LogP contribution >= 0.6 is 0 Å². The van der Waals surface area contributed by atoms with Gasteiger partial charge in [-0.3, -0.25) is 20.8 Å². The van der Waals surface area contributed by atoms with Gasteiger partial charge in [-0.1, -0.05) is 91.0 Å². The number of hydrazone groups is 1. The van der Waals surface area contributed by atoms with Crippen LogP contribution in [-0.2, 0) is 0 Å². The Hall–Kier alpha value is -6.20. The summed E-state index contributed by atoms with van der Waals surface area (Å²) in [5.74, 6) is 0. The first-order valence-electron chi connectivity index (χ1n) is 14.8. The Morgan fingerprint density at radius 3 is 1.69 bits per heavy atom. The fraction of sp³-hybridized carbons (Fsp3) is 0. The Bertz CT molecular complexity index is 2060. The Morgan fingerprint density at radius 2 is 1.04 bits per heavy atom. The molecule has 1 aliphatic rings. The lowest BCUT2D eigenvalue weighted by Gasteiger charge is -2.19. The molecule has 4 aromatic carbocycles. The molecule has 0 atom stereocenters. The zero-order valence-electron chi connectivity index (χ0n) is 24.4. The van der Waals surface area contributed by atoms with Crippen LogP contribution in [0, 0.1) is 5.41 Å². The molecule has 214 valence electrons. The summed E-state index contributed by atoms with van der Waals surface area (Å²) >= 11 is 0.